The molecule has 2 amide bonds. The highest BCUT2D eigenvalue weighted by molar-refractivity contribution is 7.90. The molecule has 4 aromatic carbocycles. The van der Waals surface area contributed by atoms with Gasteiger partial charge in [-0.1, -0.05) is 102 Å². The van der Waals surface area contributed by atoms with Crippen molar-refractivity contribution in [2.75, 3.05) is 26.4 Å². The third kappa shape index (κ3) is 18.9. The van der Waals surface area contributed by atoms with Crippen LogP contribution in [0.15, 0.2) is 107 Å². The van der Waals surface area contributed by atoms with Crippen LogP contribution in [0.3, 0.4) is 0 Å². The van der Waals surface area contributed by atoms with Crippen LogP contribution in [0.5, 0.6) is 23.0 Å². The molecule has 0 spiro atoms. The van der Waals surface area contributed by atoms with E-state index in [1.165, 1.54) is 0 Å². The molecule has 0 fully saturated rings. The molecule has 4 aromatic rings. The zero-order valence-electron chi connectivity index (χ0n) is 39.0. The normalized spacial score (nSPS) is 12.3. The first-order valence-electron chi connectivity index (χ1n) is 23.1. The van der Waals surface area contributed by atoms with Gasteiger partial charge < -0.3 is 23.7 Å². The van der Waals surface area contributed by atoms with Crippen molar-refractivity contribution in [2.45, 2.75) is 126 Å². The minimum Gasteiger partial charge on any atom is -0.487 e. The van der Waals surface area contributed by atoms with E-state index >= 15 is 0 Å². The summed E-state index contributed by atoms with van der Waals surface area (Å²) in [6.45, 7) is 4.54. The van der Waals surface area contributed by atoms with Gasteiger partial charge in [0, 0.05) is 24.3 Å². The van der Waals surface area contributed by atoms with Gasteiger partial charge in [-0.15, -0.1) is 0 Å². The molecule has 0 radical (unpaired) electrons. The quantitative estimate of drug-likeness (QED) is 0.0251. The van der Waals surface area contributed by atoms with Crippen molar-refractivity contribution in [2.24, 2.45) is 0 Å². The molecule has 376 valence electrons. The van der Waals surface area contributed by atoms with E-state index in [-0.39, 0.29) is 83.4 Å². The van der Waals surface area contributed by atoms with E-state index in [4.69, 9.17) is 23.7 Å². The second-order valence-electron chi connectivity index (χ2n) is 16.0. The maximum absolute atomic E-state index is 13.5. The van der Waals surface area contributed by atoms with Crippen LogP contribution in [-0.4, -0.2) is 77.1 Å². The van der Waals surface area contributed by atoms with Gasteiger partial charge in [0.2, 0.25) is 0 Å². The van der Waals surface area contributed by atoms with Crippen LogP contribution in [0.25, 0.3) is 0 Å². The topological polar surface area (TPSA) is 259 Å². The molecule has 0 aromatic heterocycles. The Kier molecular flexibility index (Phi) is 23.1. The second kappa shape index (κ2) is 28.9. The van der Waals surface area contributed by atoms with Gasteiger partial charge in [-0.3, -0.25) is 29.8 Å². The predicted octanol–water partition coefficient (Wildman–Crippen LogP) is 8.98. The van der Waals surface area contributed by atoms with Crippen LogP contribution in [0, 0.1) is 20.2 Å². The molecule has 2 atom stereocenters. The van der Waals surface area contributed by atoms with Gasteiger partial charge in [0.15, 0.2) is 35.2 Å². The fraction of sp³-hybridized carbons (Fsp3) is 0.458. The van der Waals surface area contributed by atoms with Gasteiger partial charge in [-0.2, -0.15) is 0 Å². The smallest absolute Gasteiger partial charge is 0.274 e. The SMILES string of the molecule is CCCCCCCCC(Oc1ccccc1OCCOCCOc1ccccc1OC(CCCCCCCC)C(=O)NS(=O)(=O)c1ccc([N+](=O)[O-])cc1)C(=O)NS(=O)(=O)c1ccc([N+](=O)[O-])cc1. The fourth-order valence-corrected chi connectivity index (χ4v) is 8.90. The summed E-state index contributed by atoms with van der Waals surface area (Å²) in [5, 5.41) is 22.1. The van der Waals surface area contributed by atoms with Crippen molar-refractivity contribution in [1.82, 2.24) is 9.44 Å². The number of nitrogens with zero attached hydrogens (tertiary/aromatic N) is 2. The first kappa shape index (κ1) is 55.3. The van der Waals surface area contributed by atoms with Crippen molar-refractivity contribution in [3.05, 3.63) is 117 Å². The first-order chi connectivity index (χ1) is 33.1. The Labute approximate surface area is 403 Å². The zero-order chi connectivity index (χ0) is 50.1. The number of unbranched alkanes of at least 4 members (excludes halogenated alkanes) is 10. The van der Waals surface area contributed by atoms with E-state index in [0.717, 1.165) is 113 Å². The maximum Gasteiger partial charge on any atom is 0.274 e. The molecule has 0 aliphatic heterocycles. The number of carbonyl (C=O) groups excluding carboxylic acids is 2. The minimum atomic E-state index is -4.39. The van der Waals surface area contributed by atoms with E-state index in [2.05, 4.69) is 23.3 Å². The number of carbonyl (C=O) groups is 2. The summed E-state index contributed by atoms with van der Waals surface area (Å²) in [5.41, 5.74) is -0.603. The molecule has 21 heteroatoms. The third-order valence-corrected chi connectivity index (χ3v) is 13.3. The highest BCUT2D eigenvalue weighted by Gasteiger charge is 2.29. The lowest BCUT2D eigenvalue weighted by atomic mass is 10.1. The zero-order valence-corrected chi connectivity index (χ0v) is 40.6. The molecule has 0 saturated heterocycles. The summed E-state index contributed by atoms with van der Waals surface area (Å²) >= 11 is 0. The van der Waals surface area contributed by atoms with Crippen LogP contribution < -0.4 is 28.4 Å². The number of amides is 2. The predicted molar refractivity (Wildman–Crippen MR) is 256 cm³/mol. The molecular formula is C48H62N4O15S2. The summed E-state index contributed by atoms with van der Waals surface area (Å²) in [5.74, 6) is -0.857. The molecule has 0 bridgehead atoms. The van der Waals surface area contributed by atoms with Crippen LogP contribution >= 0.6 is 0 Å². The van der Waals surface area contributed by atoms with Crippen LogP contribution in [0.1, 0.15) is 104 Å². The van der Waals surface area contributed by atoms with Crippen LogP contribution in [0.4, 0.5) is 11.4 Å². The number of nitrogens with one attached hydrogen (secondary N) is 2. The molecule has 2 unspecified atom stereocenters. The Morgan fingerprint density at radius 3 is 1.17 bits per heavy atom. The molecule has 4 rings (SSSR count). The van der Waals surface area contributed by atoms with E-state index < -0.39 is 53.9 Å². The van der Waals surface area contributed by atoms with E-state index in [1.807, 2.05) is 0 Å². The summed E-state index contributed by atoms with van der Waals surface area (Å²) in [7, 11) is -8.78. The number of hydrogen-bond donors (Lipinski definition) is 2. The summed E-state index contributed by atoms with van der Waals surface area (Å²) in [4.78, 5) is 47.2. The number of sulfonamides is 2. The highest BCUT2D eigenvalue weighted by atomic mass is 32.2. The lowest BCUT2D eigenvalue weighted by molar-refractivity contribution is -0.385. The average molecular weight is 999 g/mol. The molecule has 0 aliphatic carbocycles. The lowest BCUT2D eigenvalue weighted by Crippen LogP contribution is -2.41. The van der Waals surface area contributed by atoms with Crippen molar-refractivity contribution >= 4 is 43.2 Å². The number of nitro groups is 2. The second-order valence-corrected chi connectivity index (χ2v) is 19.3. The number of hydrogen-bond acceptors (Lipinski definition) is 15. The van der Waals surface area contributed by atoms with Gasteiger partial charge in [0.25, 0.3) is 43.2 Å². The highest BCUT2D eigenvalue weighted by Crippen LogP contribution is 2.30. The van der Waals surface area contributed by atoms with Gasteiger partial charge >= 0.3 is 0 Å². The van der Waals surface area contributed by atoms with E-state index in [0.29, 0.717) is 12.8 Å². The summed E-state index contributed by atoms with van der Waals surface area (Å²) in [6, 6.07) is 21.6. The Morgan fingerprint density at radius 1 is 0.493 bits per heavy atom. The van der Waals surface area contributed by atoms with E-state index in [1.54, 1.807) is 48.5 Å². The largest absolute Gasteiger partial charge is 0.487 e. The van der Waals surface area contributed by atoms with Gasteiger partial charge in [0.05, 0.1) is 32.9 Å². The number of rotatable bonds is 34. The number of ether oxygens (including phenoxy) is 5. The first-order valence-corrected chi connectivity index (χ1v) is 26.1. The van der Waals surface area contributed by atoms with Crippen molar-refractivity contribution in [3.63, 3.8) is 0 Å². The minimum absolute atomic E-state index is 0.0565. The van der Waals surface area contributed by atoms with Crippen LogP contribution in [0.2, 0.25) is 0 Å². The van der Waals surface area contributed by atoms with Crippen molar-refractivity contribution in [1.29, 1.82) is 0 Å². The molecule has 0 heterocycles. The van der Waals surface area contributed by atoms with Crippen molar-refractivity contribution in [3.8, 4) is 23.0 Å². The number of para-hydroxylation sites is 4. The Morgan fingerprint density at radius 2 is 0.826 bits per heavy atom. The van der Waals surface area contributed by atoms with Gasteiger partial charge in [-0.25, -0.2) is 26.3 Å². The molecule has 69 heavy (non-hydrogen) atoms. The van der Waals surface area contributed by atoms with Crippen molar-refractivity contribution < 1.29 is 60.0 Å². The fourth-order valence-electron chi connectivity index (χ4n) is 6.88. The number of benzene rings is 4. The maximum atomic E-state index is 13.5. The number of nitro benzene ring substituents is 2. The standard InChI is InChI=1S/C48H62N4O15S2/c1-3-5-7-9-11-13-23-45(47(53)49-68(59,60)39-29-25-37(26-30-39)51(55)56)66-43-21-17-15-19-41(43)64-35-33-63-34-36-65-42-20-16-18-22-44(42)67-46(24-14-12-10-8-6-4-2)48(54)50-69(61,62)40-31-27-38(28-32-40)52(57)58/h15-22,25-32,45-46H,3-14,23-24,33-36H2,1-2H3,(H,49,53)(H,50,54). The molecule has 19 nitrogen and oxygen atoms in total. The Bertz CT molecular complexity index is 2300. The van der Waals surface area contributed by atoms with Gasteiger partial charge in [-0.05, 0) is 74.2 Å². The number of non-ortho nitro benzene ring substituents is 2. The average Bonchev–Trinajstić information content (AvgIpc) is 3.33. The summed E-state index contributed by atoms with van der Waals surface area (Å²) in [6.07, 6.45) is 8.97. The third-order valence-electron chi connectivity index (χ3n) is 10.6. The lowest BCUT2D eigenvalue weighted by Gasteiger charge is -2.21. The molecule has 0 saturated carbocycles. The molecular weight excluding hydrogens is 937 g/mol. The Hall–Kier alpha value is -6.32. The summed E-state index contributed by atoms with van der Waals surface area (Å²) < 4.78 is 86.5. The molecule has 2 N–H and O–H groups in total. The molecule has 0 aliphatic rings. The monoisotopic (exact) mass is 998 g/mol. The van der Waals surface area contributed by atoms with E-state index in [9.17, 15) is 46.7 Å². The van der Waals surface area contributed by atoms with Crippen LogP contribution in [-0.2, 0) is 34.4 Å². The van der Waals surface area contributed by atoms with Gasteiger partial charge in [0.1, 0.15) is 13.2 Å². The Balaban J connectivity index is 1.33.